The van der Waals surface area contributed by atoms with Crippen LogP contribution in [0.3, 0.4) is 0 Å². The van der Waals surface area contributed by atoms with Crippen molar-refractivity contribution in [1.29, 1.82) is 0 Å². The monoisotopic (exact) mass is 233 g/mol. The Hall–Kier alpha value is 0.487. The summed E-state index contributed by atoms with van der Waals surface area (Å²) < 4.78 is 6.37. The second-order valence-corrected chi connectivity index (χ2v) is 11.5. The van der Waals surface area contributed by atoms with E-state index in [1.807, 2.05) is 11.8 Å². The Labute approximate surface area is 93.1 Å². The summed E-state index contributed by atoms with van der Waals surface area (Å²) in [5.41, 5.74) is 5.81. The molecule has 0 saturated carbocycles. The zero-order valence-electron chi connectivity index (χ0n) is 10.0. The molecule has 0 bridgehead atoms. The SMILES string of the molecule is CC(C)(C)[Si](C)(C)OC1(CN)CSC1. The number of nitrogens with two attached hydrogens (primary N) is 1. The maximum Gasteiger partial charge on any atom is 0.192 e. The predicted octanol–water partition coefficient (Wildman–Crippen LogP) is 2.45. The topological polar surface area (TPSA) is 35.2 Å². The van der Waals surface area contributed by atoms with Crippen molar-refractivity contribution in [1.82, 2.24) is 0 Å². The molecule has 0 aromatic carbocycles. The average molecular weight is 233 g/mol. The van der Waals surface area contributed by atoms with E-state index < -0.39 is 8.32 Å². The van der Waals surface area contributed by atoms with Crippen molar-refractivity contribution in [2.24, 2.45) is 5.73 Å². The third kappa shape index (κ3) is 2.35. The summed E-state index contributed by atoms with van der Waals surface area (Å²) in [5, 5.41) is 0.287. The van der Waals surface area contributed by atoms with Crippen molar-refractivity contribution < 1.29 is 4.43 Å². The van der Waals surface area contributed by atoms with Gasteiger partial charge in [-0.2, -0.15) is 11.8 Å². The van der Waals surface area contributed by atoms with Gasteiger partial charge in [0.1, 0.15) is 0 Å². The van der Waals surface area contributed by atoms with Crippen molar-refractivity contribution in [3.8, 4) is 0 Å². The molecule has 0 aromatic rings. The first-order valence-corrected chi connectivity index (χ1v) is 9.27. The van der Waals surface area contributed by atoms with Crippen LogP contribution in [0.1, 0.15) is 20.8 Å². The van der Waals surface area contributed by atoms with Gasteiger partial charge >= 0.3 is 0 Å². The van der Waals surface area contributed by atoms with E-state index in [-0.39, 0.29) is 10.6 Å². The molecule has 1 aliphatic heterocycles. The fourth-order valence-electron chi connectivity index (χ4n) is 1.24. The highest BCUT2D eigenvalue weighted by molar-refractivity contribution is 8.00. The molecule has 2 nitrogen and oxygen atoms in total. The van der Waals surface area contributed by atoms with Crippen LogP contribution in [0.15, 0.2) is 0 Å². The molecular formula is C10H23NOSSi. The zero-order chi connectivity index (χ0) is 11.0. The molecule has 0 atom stereocenters. The van der Waals surface area contributed by atoms with Gasteiger partial charge in [-0.05, 0) is 18.1 Å². The number of rotatable bonds is 3. The lowest BCUT2D eigenvalue weighted by Crippen LogP contribution is -2.59. The van der Waals surface area contributed by atoms with Crippen LogP contribution >= 0.6 is 11.8 Å². The molecule has 2 N–H and O–H groups in total. The first kappa shape index (κ1) is 12.6. The number of thioether (sulfide) groups is 1. The first-order chi connectivity index (χ1) is 6.22. The summed E-state index contributed by atoms with van der Waals surface area (Å²) in [6.45, 7) is 12.1. The molecule has 84 valence electrons. The molecule has 0 radical (unpaired) electrons. The normalized spacial score (nSPS) is 21.9. The highest BCUT2D eigenvalue weighted by Crippen LogP contribution is 2.43. The third-order valence-electron chi connectivity index (χ3n) is 3.38. The van der Waals surface area contributed by atoms with Gasteiger partial charge in [0.05, 0.1) is 5.60 Å². The molecular weight excluding hydrogens is 210 g/mol. The molecule has 1 fully saturated rings. The van der Waals surface area contributed by atoms with Crippen LogP contribution in [0, 0.1) is 0 Å². The fourth-order valence-corrected chi connectivity index (χ4v) is 4.08. The number of hydrogen-bond donors (Lipinski definition) is 1. The van der Waals surface area contributed by atoms with E-state index >= 15 is 0 Å². The molecule has 1 heterocycles. The van der Waals surface area contributed by atoms with Crippen molar-refractivity contribution in [3.05, 3.63) is 0 Å². The molecule has 1 saturated heterocycles. The molecule has 0 aromatic heterocycles. The highest BCUT2D eigenvalue weighted by atomic mass is 32.2. The molecule has 0 spiro atoms. The Bertz CT molecular complexity index is 203. The Morgan fingerprint density at radius 1 is 1.36 bits per heavy atom. The van der Waals surface area contributed by atoms with Crippen LogP contribution < -0.4 is 5.73 Å². The molecule has 0 unspecified atom stereocenters. The van der Waals surface area contributed by atoms with E-state index in [1.54, 1.807) is 0 Å². The van der Waals surface area contributed by atoms with Gasteiger partial charge in [-0.15, -0.1) is 0 Å². The molecule has 1 rings (SSSR count). The van der Waals surface area contributed by atoms with E-state index in [1.165, 1.54) is 0 Å². The van der Waals surface area contributed by atoms with Gasteiger partial charge in [0.2, 0.25) is 0 Å². The lowest BCUT2D eigenvalue weighted by Gasteiger charge is -2.49. The van der Waals surface area contributed by atoms with Gasteiger partial charge in [0.25, 0.3) is 0 Å². The molecule has 0 aliphatic carbocycles. The standard InChI is InChI=1S/C10H23NOSSi/c1-9(2,3)14(4,5)12-10(6-11)7-13-8-10/h6-8,11H2,1-5H3. The number of hydrogen-bond acceptors (Lipinski definition) is 3. The van der Waals surface area contributed by atoms with Gasteiger partial charge in [-0.1, -0.05) is 20.8 Å². The Morgan fingerprint density at radius 3 is 2.07 bits per heavy atom. The van der Waals surface area contributed by atoms with Crippen molar-refractivity contribution in [3.63, 3.8) is 0 Å². The second kappa shape index (κ2) is 3.81. The van der Waals surface area contributed by atoms with E-state index in [2.05, 4.69) is 33.9 Å². The Balaban J connectivity index is 2.66. The minimum absolute atomic E-state index is 0.00761. The quantitative estimate of drug-likeness (QED) is 0.761. The van der Waals surface area contributed by atoms with Gasteiger partial charge in [0.15, 0.2) is 8.32 Å². The van der Waals surface area contributed by atoms with Gasteiger partial charge in [-0.25, -0.2) is 0 Å². The summed E-state index contributed by atoms with van der Waals surface area (Å²) >= 11 is 1.94. The Kier molecular flexibility index (Phi) is 3.42. The van der Waals surface area contributed by atoms with E-state index in [0.717, 1.165) is 11.5 Å². The smallest absolute Gasteiger partial charge is 0.192 e. The van der Waals surface area contributed by atoms with Crippen LogP contribution in [0.25, 0.3) is 0 Å². The summed E-state index contributed by atoms with van der Waals surface area (Å²) in [7, 11) is -1.62. The second-order valence-electron chi connectivity index (χ2n) is 5.74. The molecule has 0 amide bonds. The maximum atomic E-state index is 6.37. The predicted molar refractivity (Wildman–Crippen MR) is 67.4 cm³/mol. The lowest BCUT2D eigenvalue weighted by molar-refractivity contribution is 0.0988. The lowest BCUT2D eigenvalue weighted by atomic mass is 10.1. The van der Waals surface area contributed by atoms with E-state index in [0.29, 0.717) is 6.54 Å². The van der Waals surface area contributed by atoms with Gasteiger partial charge in [0, 0.05) is 18.1 Å². The van der Waals surface area contributed by atoms with Crippen LogP contribution in [0.2, 0.25) is 18.1 Å². The largest absolute Gasteiger partial charge is 0.408 e. The van der Waals surface area contributed by atoms with Gasteiger partial charge < -0.3 is 10.2 Å². The first-order valence-electron chi connectivity index (χ1n) is 5.20. The Morgan fingerprint density at radius 2 is 1.86 bits per heavy atom. The zero-order valence-corrected chi connectivity index (χ0v) is 11.8. The average Bonchev–Trinajstić information content (AvgIpc) is 1.94. The highest BCUT2D eigenvalue weighted by Gasteiger charge is 2.47. The summed E-state index contributed by atoms with van der Waals surface area (Å²) in [5.74, 6) is 2.16. The van der Waals surface area contributed by atoms with Crippen molar-refractivity contribution >= 4 is 20.1 Å². The fraction of sp³-hybridized carbons (Fsp3) is 1.00. The van der Waals surface area contributed by atoms with Crippen LogP contribution in [0.4, 0.5) is 0 Å². The summed E-state index contributed by atoms with van der Waals surface area (Å²) in [4.78, 5) is 0. The van der Waals surface area contributed by atoms with Crippen LogP contribution in [-0.2, 0) is 4.43 Å². The summed E-state index contributed by atoms with van der Waals surface area (Å²) in [6, 6.07) is 0. The minimum Gasteiger partial charge on any atom is -0.408 e. The molecule has 4 heteroatoms. The van der Waals surface area contributed by atoms with Crippen molar-refractivity contribution in [2.75, 3.05) is 18.1 Å². The minimum atomic E-state index is -1.62. The molecule has 1 aliphatic rings. The van der Waals surface area contributed by atoms with Crippen molar-refractivity contribution in [2.45, 2.75) is 44.5 Å². The van der Waals surface area contributed by atoms with Gasteiger partial charge in [-0.3, -0.25) is 0 Å². The maximum absolute atomic E-state index is 6.37. The third-order valence-corrected chi connectivity index (χ3v) is 9.40. The van der Waals surface area contributed by atoms with Crippen LogP contribution in [-0.4, -0.2) is 32.0 Å². The van der Waals surface area contributed by atoms with E-state index in [4.69, 9.17) is 10.2 Å². The van der Waals surface area contributed by atoms with E-state index in [9.17, 15) is 0 Å². The summed E-state index contributed by atoms with van der Waals surface area (Å²) in [6.07, 6.45) is 0. The molecule has 14 heavy (non-hydrogen) atoms. The van der Waals surface area contributed by atoms with Crippen LogP contribution in [0.5, 0.6) is 0 Å².